The van der Waals surface area contributed by atoms with Gasteiger partial charge in [-0.2, -0.15) is 0 Å². The maximum atomic E-state index is 10.0. The average molecular weight is 192 g/mol. The second-order valence-corrected chi connectivity index (χ2v) is 2.58. The number of carbonyl (C=O) groups is 1. The minimum atomic E-state index is -0.213. The summed E-state index contributed by atoms with van der Waals surface area (Å²) in [4.78, 5) is 10.0. The molecule has 0 aromatic heterocycles. The van der Waals surface area contributed by atoms with Crippen molar-refractivity contribution in [1.29, 1.82) is 0 Å². The molecule has 0 bridgehead atoms. The van der Waals surface area contributed by atoms with Gasteiger partial charge in [-0.05, 0) is 20.8 Å². The van der Waals surface area contributed by atoms with Crippen molar-refractivity contribution in [2.45, 2.75) is 33.8 Å². The molecule has 0 amide bonds. The third kappa shape index (κ3) is 24.6. The molecule has 0 aromatic carbocycles. The number of carbonyl (C=O) groups excluding carboxylic acids is 1. The Kier molecular flexibility index (Phi) is 13.0. The van der Waals surface area contributed by atoms with Crippen LogP contribution in [0.4, 0.5) is 0 Å². The monoisotopic (exact) mass is 192 g/mol. The predicted octanol–water partition coefficient (Wildman–Crippen LogP) is 0.973. The van der Waals surface area contributed by atoms with Crippen molar-refractivity contribution in [3.8, 4) is 0 Å². The van der Waals surface area contributed by atoms with Gasteiger partial charge < -0.3 is 14.6 Å². The third-order valence-electron chi connectivity index (χ3n) is 0.841. The molecule has 0 fully saturated rings. The molecule has 4 nitrogen and oxygen atoms in total. The summed E-state index contributed by atoms with van der Waals surface area (Å²) in [5.74, 6) is -0.213. The highest BCUT2D eigenvalue weighted by molar-refractivity contribution is 5.66. The first-order valence-electron chi connectivity index (χ1n) is 4.40. The molecule has 0 spiro atoms. The van der Waals surface area contributed by atoms with E-state index in [1.165, 1.54) is 6.92 Å². The SMILES string of the molecule is CC(=O)OC(C)C.CCOCCO. The lowest BCUT2D eigenvalue weighted by atomic mass is 10.5. The van der Waals surface area contributed by atoms with Crippen molar-refractivity contribution in [2.75, 3.05) is 19.8 Å². The lowest BCUT2D eigenvalue weighted by molar-refractivity contribution is -0.144. The molecular weight excluding hydrogens is 172 g/mol. The number of aliphatic hydroxyl groups excluding tert-OH is 1. The molecule has 0 heterocycles. The van der Waals surface area contributed by atoms with Crippen molar-refractivity contribution in [3.63, 3.8) is 0 Å². The molecule has 0 atom stereocenters. The van der Waals surface area contributed by atoms with Gasteiger partial charge in [-0.25, -0.2) is 0 Å². The predicted molar refractivity (Wildman–Crippen MR) is 50.5 cm³/mol. The topological polar surface area (TPSA) is 55.8 Å². The maximum absolute atomic E-state index is 10.0. The van der Waals surface area contributed by atoms with Gasteiger partial charge in [-0.1, -0.05) is 0 Å². The van der Waals surface area contributed by atoms with Crippen LogP contribution in [0.2, 0.25) is 0 Å². The summed E-state index contributed by atoms with van der Waals surface area (Å²) in [5.41, 5.74) is 0. The van der Waals surface area contributed by atoms with Crippen LogP contribution in [0.3, 0.4) is 0 Å². The lowest BCUT2D eigenvalue weighted by Gasteiger charge is -2.01. The Balaban J connectivity index is 0. The lowest BCUT2D eigenvalue weighted by Crippen LogP contribution is -2.06. The highest BCUT2D eigenvalue weighted by Gasteiger charge is 1.93. The van der Waals surface area contributed by atoms with Gasteiger partial charge in [-0.15, -0.1) is 0 Å². The molecule has 0 aliphatic rings. The summed E-state index contributed by atoms with van der Waals surface area (Å²) in [6.07, 6.45) is 0.0255. The number of esters is 1. The first-order valence-corrected chi connectivity index (χ1v) is 4.40. The first kappa shape index (κ1) is 14.9. The van der Waals surface area contributed by atoms with Gasteiger partial charge in [0.15, 0.2) is 0 Å². The zero-order chi connectivity index (χ0) is 10.7. The van der Waals surface area contributed by atoms with E-state index >= 15 is 0 Å². The number of aliphatic hydroxyl groups is 1. The van der Waals surface area contributed by atoms with Crippen LogP contribution in [0.1, 0.15) is 27.7 Å². The molecule has 0 aliphatic carbocycles. The van der Waals surface area contributed by atoms with E-state index in [1.807, 2.05) is 20.8 Å². The van der Waals surface area contributed by atoms with Gasteiger partial charge in [0.05, 0.1) is 19.3 Å². The van der Waals surface area contributed by atoms with Gasteiger partial charge in [0, 0.05) is 13.5 Å². The van der Waals surface area contributed by atoms with E-state index in [2.05, 4.69) is 4.74 Å². The molecular formula is C9H20O4. The number of ether oxygens (including phenoxy) is 2. The van der Waals surface area contributed by atoms with Crippen molar-refractivity contribution in [3.05, 3.63) is 0 Å². The van der Waals surface area contributed by atoms with Crippen molar-refractivity contribution >= 4 is 5.97 Å². The molecule has 0 saturated heterocycles. The van der Waals surface area contributed by atoms with Crippen LogP contribution in [0.5, 0.6) is 0 Å². The fourth-order valence-corrected chi connectivity index (χ4v) is 0.541. The fraction of sp³-hybridized carbons (Fsp3) is 0.889. The van der Waals surface area contributed by atoms with Crippen LogP contribution in [0.25, 0.3) is 0 Å². The Morgan fingerprint density at radius 1 is 1.46 bits per heavy atom. The van der Waals surface area contributed by atoms with Crippen molar-refractivity contribution in [2.24, 2.45) is 0 Å². The van der Waals surface area contributed by atoms with E-state index in [1.54, 1.807) is 0 Å². The quantitative estimate of drug-likeness (QED) is 0.532. The van der Waals surface area contributed by atoms with Crippen molar-refractivity contribution in [1.82, 2.24) is 0 Å². The smallest absolute Gasteiger partial charge is 0.302 e. The summed E-state index contributed by atoms with van der Waals surface area (Å²) in [6, 6.07) is 0. The van der Waals surface area contributed by atoms with E-state index in [4.69, 9.17) is 9.84 Å². The van der Waals surface area contributed by atoms with E-state index in [-0.39, 0.29) is 18.7 Å². The molecule has 0 unspecified atom stereocenters. The zero-order valence-corrected chi connectivity index (χ0v) is 8.87. The number of hydrogen-bond acceptors (Lipinski definition) is 4. The second-order valence-electron chi connectivity index (χ2n) is 2.58. The maximum Gasteiger partial charge on any atom is 0.302 e. The Bertz CT molecular complexity index is 108. The zero-order valence-electron chi connectivity index (χ0n) is 8.87. The standard InChI is InChI=1S/C5H10O2.C4H10O2/c1-4(2)7-5(3)6;1-2-6-4-3-5/h4H,1-3H3;5H,2-4H2,1H3. The summed E-state index contributed by atoms with van der Waals surface area (Å²) < 4.78 is 9.34. The third-order valence-corrected chi connectivity index (χ3v) is 0.841. The summed E-state index contributed by atoms with van der Waals surface area (Å²) in [6.45, 7) is 8.24. The normalized spacial score (nSPS) is 9.08. The van der Waals surface area contributed by atoms with E-state index in [0.717, 1.165) is 0 Å². The highest BCUT2D eigenvalue weighted by atomic mass is 16.5. The molecule has 0 saturated carbocycles. The Morgan fingerprint density at radius 3 is 2.08 bits per heavy atom. The summed E-state index contributed by atoms with van der Waals surface area (Å²) in [5, 5.41) is 8.07. The average Bonchev–Trinajstić information content (AvgIpc) is 1.99. The molecule has 1 N–H and O–H groups in total. The molecule has 0 rings (SSSR count). The molecule has 4 heteroatoms. The Hall–Kier alpha value is -0.610. The highest BCUT2D eigenvalue weighted by Crippen LogP contribution is 1.85. The first-order chi connectivity index (χ1) is 6.04. The second kappa shape index (κ2) is 11.4. The minimum Gasteiger partial charge on any atom is -0.463 e. The minimum absolute atomic E-state index is 0.0255. The summed E-state index contributed by atoms with van der Waals surface area (Å²) >= 11 is 0. The van der Waals surface area contributed by atoms with Gasteiger partial charge >= 0.3 is 5.97 Å². The van der Waals surface area contributed by atoms with Crippen LogP contribution in [-0.4, -0.2) is 37.0 Å². The van der Waals surface area contributed by atoms with Gasteiger partial charge in [0.25, 0.3) is 0 Å². The number of hydrogen-bond donors (Lipinski definition) is 1. The fourth-order valence-electron chi connectivity index (χ4n) is 0.541. The van der Waals surface area contributed by atoms with E-state index in [9.17, 15) is 4.79 Å². The van der Waals surface area contributed by atoms with Crippen LogP contribution < -0.4 is 0 Å². The van der Waals surface area contributed by atoms with Crippen LogP contribution in [-0.2, 0) is 14.3 Å². The van der Waals surface area contributed by atoms with Crippen molar-refractivity contribution < 1.29 is 19.4 Å². The van der Waals surface area contributed by atoms with Crippen LogP contribution in [0, 0.1) is 0 Å². The van der Waals surface area contributed by atoms with Crippen LogP contribution >= 0.6 is 0 Å². The Morgan fingerprint density at radius 2 is 2.00 bits per heavy atom. The molecule has 0 aliphatic heterocycles. The van der Waals surface area contributed by atoms with E-state index < -0.39 is 0 Å². The largest absolute Gasteiger partial charge is 0.463 e. The molecule has 0 aromatic rings. The molecule has 80 valence electrons. The molecule has 0 radical (unpaired) electrons. The Labute approximate surface area is 79.8 Å². The summed E-state index contributed by atoms with van der Waals surface area (Å²) in [7, 11) is 0. The van der Waals surface area contributed by atoms with E-state index in [0.29, 0.717) is 13.2 Å². The van der Waals surface area contributed by atoms with Gasteiger partial charge in [0.1, 0.15) is 0 Å². The molecule has 13 heavy (non-hydrogen) atoms. The number of rotatable bonds is 4. The van der Waals surface area contributed by atoms with Gasteiger partial charge in [0.2, 0.25) is 0 Å². The van der Waals surface area contributed by atoms with Gasteiger partial charge in [-0.3, -0.25) is 4.79 Å². The van der Waals surface area contributed by atoms with Crippen LogP contribution in [0.15, 0.2) is 0 Å².